The largest absolute Gasteiger partial charge is 0.375 e. The van der Waals surface area contributed by atoms with Gasteiger partial charge >= 0.3 is 0 Å². The van der Waals surface area contributed by atoms with E-state index in [0.29, 0.717) is 17.4 Å². The van der Waals surface area contributed by atoms with Gasteiger partial charge in [0.2, 0.25) is 5.91 Å². The summed E-state index contributed by atoms with van der Waals surface area (Å²) in [5, 5.41) is 9.50. The minimum absolute atomic E-state index is 0.0591. The van der Waals surface area contributed by atoms with E-state index in [1.54, 1.807) is 10.1 Å². The van der Waals surface area contributed by atoms with Gasteiger partial charge < -0.3 is 11.1 Å². The summed E-state index contributed by atoms with van der Waals surface area (Å²) < 4.78 is 1.77. The van der Waals surface area contributed by atoms with E-state index in [-0.39, 0.29) is 12.3 Å². The van der Waals surface area contributed by atoms with E-state index in [1.807, 2.05) is 20.2 Å². The van der Waals surface area contributed by atoms with E-state index >= 15 is 0 Å². The van der Waals surface area contributed by atoms with E-state index < -0.39 is 0 Å². The number of nitrogens with one attached hydrogen (secondary N) is 1. The molecule has 0 aliphatic carbocycles. The molecule has 6 nitrogen and oxygen atoms in total. The van der Waals surface area contributed by atoms with Crippen molar-refractivity contribution < 1.29 is 4.79 Å². The highest BCUT2D eigenvalue weighted by molar-refractivity contribution is 7.13. The minimum Gasteiger partial charge on any atom is -0.375 e. The highest BCUT2D eigenvalue weighted by Crippen LogP contribution is 2.11. The first-order chi connectivity index (χ1) is 9.08. The number of thiazole rings is 1. The lowest BCUT2D eigenvalue weighted by molar-refractivity contribution is -0.120. The van der Waals surface area contributed by atoms with Crippen molar-refractivity contribution in [1.29, 1.82) is 0 Å². The zero-order chi connectivity index (χ0) is 13.8. The predicted octanol–water partition coefficient (Wildman–Crippen LogP) is 0.880. The number of carbonyl (C=O) groups excluding carboxylic acids is 1. The van der Waals surface area contributed by atoms with Gasteiger partial charge in [0.1, 0.15) is 0 Å². The average Bonchev–Trinajstić information content (AvgIpc) is 2.92. The Morgan fingerprint density at radius 3 is 3.00 bits per heavy atom. The Morgan fingerprint density at radius 2 is 2.37 bits per heavy atom. The monoisotopic (exact) mass is 279 g/mol. The van der Waals surface area contributed by atoms with Gasteiger partial charge in [0.15, 0.2) is 5.13 Å². The second kappa shape index (κ2) is 5.83. The second-order valence-electron chi connectivity index (χ2n) is 4.26. The molecule has 2 aromatic rings. The van der Waals surface area contributed by atoms with Crippen LogP contribution < -0.4 is 11.1 Å². The van der Waals surface area contributed by atoms with Crippen LogP contribution in [0.25, 0.3) is 0 Å². The minimum atomic E-state index is -0.0591. The summed E-state index contributed by atoms with van der Waals surface area (Å²) in [6.07, 6.45) is 3.05. The number of aromatic nitrogens is 3. The lowest BCUT2D eigenvalue weighted by Gasteiger charge is -2.03. The first kappa shape index (κ1) is 13.5. The van der Waals surface area contributed by atoms with Crippen LogP contribution in [-0.2, 0) is 31.2 Å². The van der Waals surface area contributed by atoms with E-state index in [9.17, 15) is 4.79 Å². The van der Waals surface area contributed by atoms with Crippen molar-refractivity contribution in [3.63, 3.8) is 0 Å². The van der Waals surface area contributed by atoms with Crippen LogP contribution in [0, 0.1) is 0 Å². The molecule has 0 aliphatic rings. The number of nitrogens with two attached hydrogens (primary N) is 1. The van der Waals surface area contributed by atoms with E-state index in [2.05, 4.69) is 15.4 Å². The SMILES string of the molecule is CCc1nn(C)cc1CNC(=O)Cc1csc(N)n1. The van der Waals surface area contributed by atoms with Gasteiger partial charge in [-0.05, 0) is 6.42 Å². The number of hydrogen-bond acceptors (Lipinski definition) is 5. The molecule has 0 spiro atoms. The predicted molar refractivity (Wildman–Crippen MR) is 74.7 cm³/mol. The first-order valence-electron chi connectivity index (χ1n) is 6.06. The van der Waals surface area contributed by atoms with Crippen LogP contribution in [-0.4, -0.2) is 20.7 Å². The summed E-state index contributed by atoms with van der Waals surface area (Å²) in [6, 6.07) is 0. The number of hydrogen-bond donors (Lipinski definition) is 2. The third-order valence-electron chi connectivity index (χ3n) is 2.71. The van der Waals surface area contributed by atoms with Gasteiger partial charge in [-0.1, -0.05) is 6.92 Å². The number of carbonyl (C=O) groups is 1. The Hall–Kier alpha value is -1.89. The van der Waals surface area contributed by atoms with Crippen LogP contribution in [0.15, 0.2) is 11.6 Å². The quantitative estimate of drug-likeness (QED) is 0.850. The highest BCUT2D eigenvalue weighted by atomic mass is 32.1. The van der Waals surface area contributed by atoms with Gasteiger partial charge in [0.25, 0.3) is 0 Å². The van der Waals surface area contributed by atoms with Gasteiger partial charge in [0.05, 0.1) is 17.8 Å². The molecule has 19 heavy (non-hydrogen) atoms. The van der Waals surface area contributed by atoms with Crippen molar-refractivity contribution in [3.8, 4) is 0 Å². The molecule has 2 rings (SSSR count). The number of nitrogens with zero attached hydrogens (tertiary/aromatic N) is 3. The van der Waals surface area contributed by atoms with Crippen LogP contribution in [0.5, 0.6) is 0 Å². The Morgan fingerprint density at radius 1 is 1.58 bits per heavy atom. The molecular weight excluding hydrogens is 262 g/mol. The Bertz CT molecular complexity index is 574. The topological polar surface area (TPSA) is 85.8 Å². The molecule has 0 aromatic carbocycles. The van der Waals surface area contributed by atoms with Crippen molar-refractivity contribution in [2.45, 2.75) is 26.3 Å². The normalized spacial score (nSPS) is 10.6. The molecule has 2 heterocycles. The molecule has 7 heteroatoms. The van der Waals surface area contributed by atoms with Crippen LogP contribution in [0.3, 0.4) is 0 Å². The zero-order valence-electron chi connectivity index (χ0n) is 11.0. The molecular formula is C12H17N5OS. The molecule has 2 aromatic heterocycles. The van der Waals surface area contributed by atoms with Gasteiger partial charge in [-0.3, -0.25) is 9.48 Å². The van der Waals surface area contributed by atoms with Gasteiger partial charge in [-0.25, -0.2) is 4.98 Å². The van der Waals surface area contributed by atoms with Crippen molar-refractivity contribution in [2.75, 3.05) is 5.73 Å². The molecule has 0 radical (unpaired) electrons. The van der Waals surface area contributed by atoms with Gasteiger partial charge in [-0.2, -0.15) is 5.10 Å². The highest BCUT2D eigenvalue weighted by Gasteiger charge is 2.09. The number of rotatable bonds is 5. The molecule has 1 amide bonds. The lowest BCUT2D eigenvalue weighted by Crippen LogP contribution is -2.25. The number of aryl methyl sites for hydroxylation is 2. The second-order valence-corrected chi connectivity index (χ2v) is 5.15. The van der Waals surface area contributed by atoms with Gasteiger partial charge in [-0.15, -0.1) is 11.3 Å². The first-order valence-corrected chi connectivity index (χ1v) is 6.94. The molecule has 0 bridgehead atoms. The van der Waals surface area contributed by atoms with Crippen LogP contribution in [0.2, 0.25) is 0 Å². The Balaban J connectivity index is 1.89. The summed E-state index contributed by atoms with van der Waals surface area (Å²) in [7, 11) is 1.88. The van der Waals surface area contributed by atoms with E-state index in [1.165, 1.54) is 11.3 Å². The molecule has 0 fully saturated rings. The molecule has 0 aliphatic heterocycles. The summed E-state index contributed by atoms with van der Waals surface area (Å²) in [5.41, 5.74) is 8.30. The Labute approximate surface area is 115 Å². The van der Waals surface area contributed by atoms with Crippen molar-refractivity contribution in [1.82, 2.24) is 20.1 Å². The molecule has 0 saturated carbocycles. The standard InChI is InChI=1S/C12H17N5OS/c1-3-10-8(6-17(2)16-10)5-14-11(18)4-9-7-19-12(13)15-9/h6-7H,3-5H2,1-2H3,(H2,13,15)(H,14,18). The third kappa shape index (κ3) is 3.54. The fourth-order valence-corrected chi connectivity index (χ4v) is 2.42. The maximum atomic E-state index is 11.8. The summed E-state index contributed by atoms with van der Waals surface area (Å²) in [6.45, 7) is 2.54. The lowest BCUT2D eigenvalue weighted by atomic mass is 10.2. The maximum Gasteiger partial charge on any atom is 0.226 e. The van der Waals surface area contributed by atoms with Crippen molar-refractivity contribution >= 4 is 22.4 Å². The molecule has 3 N–H and O–H groups in total. The summed E-state index contributed by atoms with van der Waals surface area (Å²) in [4.78, 5) is 15.8. The average molecular weight is 279 g/mol. The third-order valence-corrected chi connectivity index (χ3v) is 3.44. The molecule has 102 valence electrons. The van der Waals surface area contributed by atoms with Gasteiger partial charge in [0, 0.05) is 30.7 Å². The number of anilines is 1. The number of amides is 1. The van der Waals surface area contributed by atoms with Crippen LogP contribution in [0.1, 0.15) is 23.9 Å². The summed E-state index contributed by atoms with van der Waals surface area (Å²) >= 11 is 1.34. The van der Waals surface area contributed by atoms with Crippen molar-refractivity contribution in [2.24, 2.45) is 7.05 Å². The number of nitrogen functional groups attached to an aromatic ring is 1. The maximum absolute atomic E-state index is 11.8. The smallest absolute Gasteiger partial charge is 0.226 e. The molecule has 0 unspecified atom stereocenters. The van der Waals surface area contributed by atoms with Crippen LogP contribution in [0.4, 0.5) is 5.13 Å². The molecule has 0 atom stereocenters. The van der Waals surface area contributed by atoms with Crippen LogP contribution >= 0.6 is 11.3 Å². The van der Waals surface area contributed by atoms with E-state index in [0.717, 1.165) is 17.7 Å². The fraction of sp³-hybridized carbons (Fsp3) is 0.417. The van der Waals surface area contributed by atoms with E-state index in [4.69, 9.17) is 5.73 Å². The van der Waals surface area contributed by atoms with Crippen molar-refractivity contribution in [3.05, 3.63) is 28.5 Å². The zero-order valence-corrected chi connectivity index (χ0v) is 11.8. The molecule has 0 saturated heterocycles. The Kier molecular flexibility index (Phi) is 4.16. The summed E-state index contributed by atoms with van der Waals surface area (Å²) in [5.74, 6) is -0.0591. The fourth-order valence-electron chi connectivity index (χ4n) is 1.85.